The molecule has 0 aliphatic heterocycles. The summed E-state index contributed by atoms with van der Waals surface area (Å²) < 4.78 is 10.4. The fraction of sp³-hybridized carbons (Fsp3) is 0.333. The average molecular weight is 363 g/mol. The summed E-state index contributed by atoms with van der Waals surface area (Å²) in [5.41, 5.74) is 1.75. The molecule has 2 rings (SSSR count). The van der Waals surface area contributed by atoms with Crippen molar-refractivity contribution in [2.24, 2.45) is 0 Å². The van der Waals surface area contributed by atoms with Crippen LogP contribution in [-0.4, -0.2) is 31.2 Å². The average Bonchev–Trinajstić information content (AvgIpc) is 3.12. The molecule has 1 unspecified atom stereocenters. The summed E-state index contributed by atoms with van der Waals surface area (Å²) in [4.78, 5) is 23.4. The normalized spacial score (nSPS) is 11.6. The van der Waals surface area contributed by atoms with Gasteiger partial charge in [-0.25, -0.2) is 0 Å². The quantitative estimate of drug-likeness (QED) is 0.715. The third kappa shape index (κ3) is 5.49. The largest absolute Gasteiger partial charge is 0.493 e. The smallest absolute Gasteiger partial charge is 0.305 e. The van der Waals surface area contributed by atoms with Gasteiger partial charge in [-0.05, 0) is 46.5 Å². The molecule has 6 nitrogen and oxygen atoms in total. The standard InChI is InChI=1S/C18H21NO5S/c1-23-15-5-4-13(9-16(15)24-2)14(10-18(21)22)19-17(20)6-3-12-7-8-25-11-12/h4-5,7-9,11,14H,3,6,10H2,1-2H3,(H,19,20)(H,21,22). The van der Waals surface area contributed by atoms with Crippen molar-refractivity contribution in [3.8, 4) is 11.5 Å². The molecule has 0 spiro atoms. The molecule has 1 aromatic heterocycles. The summed E-state index contributed by atoms with van der Waals surface area (Å²) >= 11 is 1.58. The molecule has 2 N–H and O–H groups in total. The number of ether oxygens (including phenoxy) is 2. The van der Waals surface area contributed by atoms with E-state index in [1.807, 2.05) is 16.8 Å². The lowest BCUT2D eigenvalue weighted by Crippen LogP contribution is -2.30. The first kappa shape index (κ1) is 18.8. The van der Waals surface area contributed by atoms with Crippen LogP contribution in [0, 0.1) is 0 Å². The number of carboxylic acid groups (broad SMARTS) is 1. The number of methoxy groups -OCH3 is 2. The molecule has 1 aromatic carbocycles. The van der Waals surface area contributed by atoms with Gasteiger partial charge in [0.15, 0.2) is 11.5 Å². The van der Waals surface area contributed by atoms with Crippen LogP contribution in [0.3, 0.4) is 0 Å². The molecule has 1 amide bonds. The Labute approximate surface area is 150 Å². The van der Waals surface area contributed by atoms with Gasteiger partial charge in [0.25, 0.3) is 0 Å². The van der Waals surface area contributed by atoms with E-state index < -0.39 is 12.0 Å². The topological polar surface area (TPSA) is 84.9 Å². The summed E-state index contributed by atoms with van der Waals surface area (Å²) in [5.74, 6) is -0.142. The number of nitrogens with one attached hydrogen (secondary N) is 1. The molecule has 0 fully saturated rings. The van der Waals surface area contributed by atoms with Crippen molar-refractivity contribution in [2.45, 2.75) is 25.3 Å². The van der Waals surface area contributed by atoms with E-state index in [1.54, 1.807) is 29.5 Å². The van der Waals surface area contributed by atoms with Crippen molar-refractivity contribution in [3.05, 3.63) is 46.2 Å². The Kier molecular flexibility index (Phi) is 6.82. The van der Waals surface area contributed by atoms with Gasteiger partial charge in [-0.1, -0.05) is 6.07 Å². The Balaban J connectivity index is 2.09. The van der Waals surface area contributed by atoms with Gasteiger partial charge < -0.3 is 19.9 Å². The number of hydrogen-bond donors (Lipinski definition) is 2. The van der Waals surface area contributed by atoms with Crippen LogP contribution in [0.5, 0.6) is 11.5 Å². The minimum atomic E-state index is -0.988. The van der Waals surface area contributed by atoms with E-state index in [0.29, 0.717) is 29.9 Å². The minimum absolute atomic E-state index is 0.188. The van der Waals surface area contributed by atoms with E-state index in [4.69, 9.17) is 14.6 Å². The third-order valence-electron chi connectivity index (χ3n) is 3.74. The number of rotatable bonds is 9. The zero-order valence-corrected chi connectivity index (χ0v) is 15.0. The fourth-order valence-corrected chi connectivity index (χ4v) is 3.16. The van der Waals surface area contributed by atoms with Crippen LogP contribution in [0.2, 0.25) is 0 Å². The molecular formula is C18H21NO5S. The molecule has 1 atom stereocenters. The van der Waals surface area contributed by atoms with Crippen LogP contribution in [0.25, 0.3) is 0 Å². The van der Waals surface area contributed by atoms with Gasteiger partial charge in [-0.15, -0.1) is 0 Å². The van der Waals surface area contributed by atoms with Crippen molar-refractivity contribution >= 4 is 23.2 Å². The van der Waals surface area contributed by atoms with Crippen LogP contribution >= 0.6 is 11.3 Å². The van der Waals surface area contributed by atoms with Crippen molar-refractivity contribution < 1.29 is 24.2 Å². The number of aryl methyl sites for hydroxylation is 1. The summed E-state index contributed by atoms with van der Waals surface area (Å²) in [6, 6.07) is 6.45. The number of carbonyl (C=O) groups excluding carboxylic acids is 1. The van der Waals surface area contributed by atoms with Gasteiger partial charge in [0, 0.05) is 6.42 Å². The van der Waals surface area contributed by atoms with E-state index in [0.717, 1.165) is 5.56 Å². The van der Waals surface area contributed by atoms with E-state index in [1.165, 1.54) is 14.2 Å². The highest BCUT2D eigenvalue weighted by molar-refractivity contribution is 7.07. The number of aliphatic carboxylic acids is 1. The summed E-state index contributed by atoms with van der Waals surface area (Å²) in [5, 5.41) is 15.9. The Hall–Kier alpha value is -2.54. The Morgan fingerprint density at radius 2 is 1.96 bits per heavy atom. The van der Waals surface area contributed by atoms with Crippen molar-refractivity contribution in [1.82, 2.24) is 5.32 Å². The fourth-order valence-electron chi connectivity index (χ4n) is 2.46. The number of amides is 1. The zero-order valence-electron chi connectivity index (χ0n) is 14.2. The van der Waals surface area contributed by atoms with Crippen LogP contribution in [0.4, 0.5) is 0 Å². The molecule has 134 valence electrons. The minimum Gasteiger partial charge on any atom is -0.493 e. The lowest BCUT2D eigenvalue weighted by atomic mass is 10.0. The number of carbonyl (C=O) groups is 2. The second-order valence-electron chi connectivity index (χ2n) is 5.46. The first-order chi connectivity index (χ1) is 12.0. The highest BCUT2D eigenvalue weighted by Gasteiger charge is 2.20. The Bertz CT molecular complexity index is 714. The Morgan fingerprint density at radius 1 is 1.20 bits per heavy atom. The van der Waals surface area contributed by atoms with Gasteiger partial charge in [-0.3, -0.25) is 9.59 Å². The van der Waals surface area contributed by atoms with Crippen LogP contribution in [0.1, 0.15) is 30.0 Å². The maximum Gasteiger partial charge on any atom is 0.305 e. The van der Waals surface area contributed by atoms with E-state index in [-0.39, 0.29) is 12.3 Å². The Morgan fingerprint density at radius 3 is 2.56 bits per heavy atom. The van der Waals surface area contributed by atoms with E-state index in [2.05, 4.69) is 5.32 Å². The zero-order chi connectivity index (χ0) is 18.2. The molecule has 0 saturated heterocycles. The lowest BCUT2D eigenvalue weighted by Gasteiger charge is -2.19. The monoisotopic (exact) mass is 363 g/mol. The molecule has 0 aliphatic rings. The number of hydrogen-bond acceptors (Lipinski definition) is 5. The van der Waals surface area contributed by atoms with Crippen molar-refractivity contribution in [1.29, 1.82) is 0 Å². The predicted octanol–water partition coefficient (Wildman–Crippen LogP) is 3.03. The van der Waals surface area contributed by atoms with Crippen LogP contribution < -0.4 is 14.8 Å². The summed E-state index contributed by atoms with van der Waals surface area (Å²) in [7, 11) is 3.03. The number of benzene rings is 1. The molecular weight excluding hydrogens is 342 g/mol. The van der Waals surface area contributed by atoms with Gasteiger partial charge in [0.2, 0.25) is 5.91 Å². The molecule has 25 heavy (non-hydrogen) atoms. The van der Waals surface area contributed by atoms with Crippen molar-refractivity contribution in [2.75, 3.05) is 14.2 Å². The maximum absolute atomic E-state index is 12.2. The predicted molar refractivity (Wildman–Crippen MR) is 95.3 cm³/mol. The van der Waals surface area contributed by atoms with Gasteiger partial charge in [0.05, 0.1) is 26.7 Å². The maximum atomic E-state index is 12.2. The molecule has 0 saturated carbocycles. The van der Waals surface area contributed by atoms with E-state index >= 15 is 0 Å². The third-order valence-corrected chi connectivity index (χ3v) is 4.48. The molecule has 0 bridgehead atoms. The first-order valence-corrected chi connectivity index (χ1v) is 8.72. The SMILES string of the molecule is COc1ccc(C(CC(=O)O)NC(=O)CCc2ccsc2)cc1OC. The first-order valence-electron chi connectivity index (χ1n) is 7.77. The number of thiophene rings is 1. The molecule has 0 radical (unpaired) electrons. The molecule has 1 heterocycles. The molecule has 7 heteroatoms. The van der Waals surface area contributed by atoms with E-state index in [9.17, 15) is 9.59 Å². The van der Waals surface area contributed by atoms with Gasteiger partial charge >= 0.3 is 5.97 Å². The highest BCUT2D eigenvalue weighted by atomic mass is 32.1. The van der Waals surface area contributed by atoms with Crippen LogP contribution in [-0.2, 0) is 16.0 Å². The summed E-state index contributed by atoms with van der Waals surface area (Å²) in [6.07, 6.45) is 0.723. The molecule has 0 aliphatic carbocycles. The second-order valence-corrected chi connectivity index (χ2v) is 6.24. The molecule has 2 aromatic rings. The summed E-state index contributed by atoms with van der Waals surface area (Å²) in [6.45, 7) is 0. The lowest BCUT2D eigenvalue weighted by molar-refractivity contribution is -0.137. The van der Waals surface area contributed by atoms with Crippen LogP contribution in [0.15, 0.2) is 35.0 Å². The number of carboxylic acids is 1. The highest BCUT2D eigenvalue weighted by Crippen LogP contribution is 2.31. The second kappa shape index (κ2) is 9.08. The van der Waals surface area contributed by atoms with Crippen molar-refractivity contribution in [3.63, 3.8) is 0 Å². The van der Waals surface area contributed by atoms with Gasteiger partial charge in [-0.2, -0.15) is 11.3 Å². The van der Waals surface area contributed by atoms with Gasteiger partial charge in [0.1, 0.15) is 0 Å².